The molecule has 1 unspecified atom stereocenters. The van der Waals surface area contributed by atoms with Crippen LogP contribution in [0.25, 0.3) is 0 Å². The molecule has 0 saturated carbocycles. The molecule has 0 aliphatic rings. The molecule has 0 aliphatic carbocycles. The van der Waals surface area contributed by atoms with Gasteiger partial charge >= 0.3 is 0 Å². The van der Waals surface area contributed by atoms with Gasteiger partial charge in [0.1, 0.15) is 10.8 Å². The number of nitrogens with zero attached hydrogens (tertiary/aromatic N) is 3. The molecule has 0 spiro atoms. The van der Waals surface area contributed by atoms with Crippen molar-refractivity contribution in [1.82, 2.24) is 20.4 Å². The summed E-state index contributed by atoms with van der Waals surface area (Å²) in [5.41, 5.74) is -0.0104. The van der Waals surface area contributed by atoms with Gasteiger partial charge in [0.25, 0.3) is 0 Å². The summed E-state index contributed by atoms with van der Waals surface area (Å²) >= 11 is 1.57. The third kappa shape index (κ3) is 2.88. The van der Waals surface area contributed by atoms with Gasteiger partial charge in [0.05, 0.1) is 17.6 Å². The third-order valence-corrected chi connectivity index (χ3v) is 3.29. The Kier molecular flexibility index (Phi) is 3.24. The number of hydrogen-bond acceptors (Lipinski definition) is 5. The fourth-order valence-electron chi connectivity index (χ4n) is 1.30. The summed E-state index contributed by atoms with van der Waals surface area (Å²) in [4.78, 5) is 4.32. The maximum atomic E-state index is 5.77. The summed E-state index contributed by atoms with van der Waals surface area (Å²) in [7, 11) is 0. The van der Waals surface area contributed by atoms with Crippen molar-refractivity contribution < 1.29 is 4.42 Å². The summed E-state index contributed by atoms with van der Waals surface area (Å²) in [6, 6.07) is 0. The number of rotatable bonds is 3. The van der Waals surface area contributed by atoms with E-state index in [9.17, 15) is 0 Å². The molecule has 2 aromatic rings. The topological polar surface area (TPSA) is 67.6 Å². The van der Waals surface area contributed by atoms with Crippen LogP contribution < -0.4 is 0 Å². The molecule has 1 N–H and O–H groups in total. The number of aromatic amines is 1. The standard InChI is InChI=1S/C11H16N4OS/c1-7(17-9-6-13-15-14-9)10-12-5-8(16-10)11(2,3)4/h5-7H,1-4H3,(H,13,14,15). The van der Waals surface area contributed by atoms with Crippen LogP contribution in [0.3, 0.4) is 0 Å². The second kappa shape index (κ2) is 4.52. The summed E-state index contributed by atoms with van der Waals surface area (Å²) in [5, 5.41) is 11.3. The first kappa shape index (κ1) is 12.2. The van der Waals surface area contributed by atoms with Gasteiger partial charge in [-0.25, -0.2) is 4.98 Å². The van der Waals surface area contributed by atoms with Crippen molar-refractivity contribution in [2.75, 3.05) is 0 Å². The van der Waals surface area contributed by atoms with E-state index < -0.39 is 0 Å². The monoisotopic (exact) mass is 252 g/mol. The Morgan fingerprint density at radius 1 is 1.35 bits per heavy atom. The Bertz CT molecular complexity index is 472. The van der Waals surface area contributed by atoms with Crippen LogP contribution in [0, 0.1) is 0 Å². The highest BCUT2D eigenvalue weighted by molar-refractivity contribution is 7.99. The molecule has 0 bridgehead atoms. The molecule has 0 amide bonds. The molecule has 2 rings (SSSR count). The lowest BCUT2D eigenvalue weighted by Crippen LogP contribution is -2.09. The fourth-order valence-corrected chi connectivity index (χ4v) is 2.08. The molecule has 0 saturated heterocycles. The predicted octanol–water partition coefficient (Wildman–Crippen LogP) is 2.94. The van der Waals surface area contributed by atoms with Crippen molar-refractivity contribution in [3.63, 3.8) is 0 Å². The number of aromatic nitrogens is 4. The van der Waals surface area contributed by atoms with E-state index in [-0.39, 0.29) is 10.7 Å². The highest BCUT2D eigenvalue weighted by atomic mass is 32.2. The molecule has 2 aromatic heterocycles. The van der Waals surface area contributed by atoms with Gasteiger partial charge < -0.3 is 4.42 Å². The molecular formula is C11H16N4OS. The SMILES string of the molecule is CC(Sc1cn[nH]n1)c1ncc(C(C)(C)C)o1. The van der Waals surface area contributed by atoms with Gasteiger partial charge in [0, 0.05) is 5.41 Å². The Balaban J connectivity index is 2.10. The lowest BCUT2D eigenvalue weighted by Gasteiger charge is -2.13. The Labute approximate surface area is 104 Å². The molecule has 5 nitrogen and oxygen atoms in total. The van der Waals surface area contributed by atoms with Crippen molar-refractivity contribution in [3.05, 3.63) is 24.0 Å². The number of thioether (sulfide) groups is 1. The highest BCUT2D eigenvalue weighted by Gasteiger charge is 2.22. The molecule has 0 aromatic carbocycles. The Hall–Kier alpha value is -1.30. The molecule has 2 heterocycles. The van der Waals surface area contributed by atoms with Gasteiger partial charge in [-0.15, -0.1) is 5.10 Å². The molecular weight excluding hydrogens is 236 g/mol. The molecule has 0 radical (unpaired) electrons. The van der Waals surface area contributed by atoms with E-state index in [0.717, 1.165) is 16.7 Å². The van der Waals surface area contributed by atoms with Gasteiger partial charge in [-0.05, 0) is 6.92 Å². The van der Waals surface area contributed by atoms with E-state index in [1.807, 2.05) is 6.92 Å². The molecule has 0 fully saturated rings. The minimum absolute atomic E-state index is 0.0104. The first-order chi connectivity index (χ1) is 7.97. The number of hydrogen-bond donors (Lipinski definition) is 1. The van der Waals surface area contributed by atoms with Gasteiger partial charge in [-0.3, -0.25) is 0 Å². The molecule has 6 heteroatoms. The van der Waals surface area contributed by atoms with Crippen LogP contribution in [0.2, 0.25) is 0 Å². The minimum atomic E-state index is -0.0104. The van der Waals surface area contributed by atoms with Crippen LogP contribution in [0.5, 0.6) is 0 Å². The average molecular weight is 252 g/mol. The Morgan fingerprint density at radius 2 is 2.12 bits per heavy atom. The number of H-pyrrole nitrogens is 1. The maximum absolute atomic E-state index is 5.77. The van der Waals surface area contributed by atoms with Crippen LogP contribution >= 0.6 is 11.8 Å². The van der Waals surface area contributed by atoms with Crippen molar-refractivity contribution in [2.24, 2.45) is 0 Å². The molecule has 0 aliphatic heterocycles. The summed E-state index contributed by atoms with van der Waals surface area (Å²) < 4.78 is 5.77. The predicted molar refractivity (Wildman–Crippen MR) is 65.9 cm³/mol. The zero-order valence-electron chi connectivity index (χ0n) is 10.4. The van der Waals surface area contributed by atoms with E-state index >= 15 is 0 Å². The minimum Gasteiger partial charge on any atom is -0.444 e. The quantitative estimate of drug-likeness (QED) is 0.851. The molecule has 92 valence electrons. The lowest BCUT2D eigenvalue weighted by molar-refractivity contribution is 0.383. The zero-order chi connectivity index (χ0) is 12.5. The summed E-state index contributed by atoms with van der Waals surface area (Å²) in [5.74, 6) is 1.63. The van der Waals surface area contributed by atoms with E-state index in [0.29, 0.717) is 0 Å². The van der Waals surface area contributed by atoms with Gasteiger partial charge in [0.15, 0.2) is 0 Å². The van der Waals surface area contributed by atoms with Crippen LogP contribution in [0.1, 0.15) is 44.6 Å². The highest BCUT2D eigenvalue weighted by Crippen LogP contribution is 2.34. The van der Waals surface area contributed by atoms with Crippen molar-refractivity contribution >= 4 is 11.8 Å². The van der Waals surface area contributed by atoms with Crippen molar-refractivity contribution in [1.29, 1.82) is 0 Å². The second-order valence-electron chi connectivity index (χ2n) is 4.88. The first-order valence-electron chi connectivity index (χ1n) is 5.45. The Morgan fingerprint density at radius 3 is 2.65 bits per heavy atom. The van der Waals surface area contributed by atoms with E-state index in [2.05, 4.69) is 41.2 Å². The smallest absolute Gasteiger partial charge is 0.207 e. The van der Waals surface area contributed by atoms with E-state index in [1.54, 1.807) is 24.2 Å². The van der Waals surface area contributed by atoms with Crippen molar-refractivity contribution in [3.8, 4) is 0 Å². The van der Waals surface area contributed by atoms with E-state index in [4.69, 9.17) is 4.42 Å². The van der Waals surface area contributed by atoms with Crippen LogP contribution in [-0.4, -0.2) is 20.4 Å². The maximum Gasteiger partial charge on any atom is 0.207 e. The molecule has 1 atom stereocenters. The summed E-state index contributed by atoms with van der Waals surface area (Å²) in [6.07, 6.45) is 3.49. The van der Waals surface area contributed by atoms with E-state index in [1.165, 1.54) is 0 Å². The second-order valence-corrected chi connectivity index (χ2v) is 6.24. The van der Waals surface area contributed by atoms with Crippen molar-refractivity contribution in [2.45, 2.75) is 43.4 Å². The zero-order valence-corrected chi connectivity index (χ0v) is 11.2. The molecule has 17 heavy (non-hydrogen) atoms. The van der Waals surface area contributed by atoms with Crippen LogP contribution in [0.15, 0.2) is 21.8 Å². The van der Waals surface area contributed by atoms with Crippen LogP contribution in [0.4, 0.5) is 0 Å². The summed E-state index contributed by atoms with van der Waals surface area (Å²) in [6.45, 7) is 8.35. The fraction of sp³-hybridized carbons (Fsp3) is 0.545. The lowest BCUT2D eigenvalue weighted by atomic mass is 9.94. The number of oxazole rings is 1. The van der Waals surface area contributed by atoms with Gasteiger partial charge in [-0.1, -0.05) is 32.5 Å². The first-order valence-corrected chi connectivity index (χ1v) is 6.33. The largest absolute Gasteiger partial charge is 0.444 e. The van der Waals surface area contributed by atoms with Crippen LogP contribution in [-0.2, 0) is 5.41 Å². The number of nitrogens with one attached hydrogen (secondary N) is 1. The normalized spacial score (nSPS) is 13.9. The van der Waals surface area contributed by atoms with Gasteiger partial charge in [-0.2, -0.15) is 10.3 Å². The van der Waals surface area contributed by atoms with Gasteiger partial charge in [0.2, 0.25) is 5.89 Å². The average Bonchev–Trinajstić information content (AvgIpc) is 2.85. The third-order valence-electron chi connectivity index (χ3n) is 2.30.